The summed E-state index contributed by atoms with van der Waals surface area (Å²) in [6, 6.07) is 0.408. The van der Waals surface area contributed by atoms with Gasteiger partial charge in [0.1, 0.15) is 6.04 Å². The van der Waals surface area contributed by atoms with Crippen LogP contribution in [0.5, 0.6) is 0 Å². The molecule has 8 heteroatoms. The predicted molar refractivity (Wildman–Crippen MR) is 105 cm³/mol. The smallest absolute Gasteiger partial charge is 0.241 e. The van der Waals surface area contributed by atoms with Crippen molar-refractivity contribution >= 4 is 11.8 Å². The van der Waals surface area contributed by atoms with Crippen molar-refractivity contribution in [1.29, 1.82) is 0 Å². The SMILES string of the molecule is CCN1C(=O)C2CCNN2C2CCC(C(=O)NCc3c(C)nn(C)c3C)CC21. The number of hydrogen-bond acceptors (Lipinski definition) is 5. The van der Waals surface area contributed by atoms with Crippen LogP contribution in [0.2, 0.25) is 0 Å². The summed E-state index contributed by atoms with van der Waals surface area (Å²) >= 11 is 0. The molecule has 154 valence electrons. The van der Waals surface area contributed by atoms with Gasteiger partial charge in [0.15, 0.2) is 0 Å². The molecular weight excluding hydrogens is 356 g/mol. The van der Waals surface area contributed by atoms with Crippen LogP contribution in [0.25, 0.3) is 0 Å². The largest absolute Gasteiger partial charge is 0.352 e. The number of aromatic nitrogens is 2. The molecular formula is C20H32N6O2. The van der Waals surface area contributed by atoms with Crippen LogP contribution < -0.4 is 10.7 Å². The van der Waals surface area contributed by atoms with Crippen molar-refractivity contribution in [2.75, 3.05) is 13.1 Å². The Hall–Kier alpha value is -1.93. The number of hydrazine groups is 1. The van der Waals surface area contributed by atoms with E-state index >= 15 is 0 Å². The lowest BCUT2D eigenvalue weighted by molar-refractivity contribution is -0.155. The number of likely N-dealkylation sites (N-methyl/N-ethyl adjacent to an activating group) is 1. The van der Waals surface area contributed by atoms with Gasteiger partial charge in [-0.25, -0.2) is 5.01 Å². The van der Waals surface area contributed by atoms with Crippen LogP contribution in [0.3, 0.4) is 0 Å². The minimum absolute atomic E-state index is 0.0249. The summed E-state index contributed by atoms with van der Waals surface area (Å²) in [4.78, 5) is 27.8. The molecule has 3 aliphatic rings. The van der Waals surface area contributed by atoms with Gasteiger partial charge < -0.3 is 10.2 Å². The first kappa shape index (κ1) is 19.4. The van der Waals surface area contributed by atoms with Crippen molar-refractivity contribution in [3.8, 4) is 0 Å². The molecule has 3 fully saturated rings. The van der Waals surface area contributed by atoms with E-state index in [9.17, 15) is 9.59 Å². The van der Waals surface area contributed by atoms with Gasteiger partial charge in [-0.15, -0.1) is 0 Å². The first-order valence-electron chi connectivity index (χ1n) is 10.5. The van der Waals surface area contributed by atoms with Crippen molar-refractivity contribution in [3.63, 3.8) is 0 Å². The quantitative estimate of drug-likeness (QED) is 0.791. The molecule has 4 atom stereocenters. The van der Waals surface area contributed by atoms with Gasteiger partial charge in [-0.2, -0.15) is 5.10 Å². The van der Waals surface area contributed by atoms with E-state index in [1.165, 1.54) is 0 Å². The molecule has 0 aromatic carbocycles. The van der Waals surface area contributed by atoms with E-state index in [-0.39, 0.29) is 29.8 Å². The molecule has 4 unspecified atom stereocenters. The van der Waals surface area contributed by atoms with E-state index in [0.717, 1.165) is 49.2 Å². The highest BCUT2D eigenvalue weighted by Crippen LogP contribution is 2.37. The number of rotatable bonds is 4. The first-order valence-corrected chi connectivity index (χ1v) is 10.5. The van der Waals surface area contributed by atoms with Gasteiger partial charge in [0.05, 0.1) is 5.69 Å². The molecule has 1 aliphatic carbocycles. The van der Waals surface area contributed by atoms with Crippen LogP contribution >= 0.6 is 0 Å². The fourth-order valence-corrected chi connectivity index (χ4v) is 5.34. The number of piperazine rings is 1. The summed E-state index contributed by atoms with van der Waals surface area (Å²) < 4.78 is 1.86. The van der Waals surface area contributed by atoms with Crippen LogP contribution in [-0.4, -0.2) is 62.7 Å². The number of carbonyl (C=O) groups is 2. The van der Waals surface area contributed by atoms with Crippen LogP contribution in [0.1, 0.15) is 49.6 Å². The third-order valence-electron chi connectivity index (χ3n) is 6.96. The topological polar surface area (TPSA) is 82.5 Å². The zero-order chi connectivity index (χ0) is 20.0. The third-order valence-corrected chi connectivity index (χ3v) is 6.96. The van der Waals surface area contributed by atoms with Crippen molar-refractivity contribution in [3.05, 3.63) is 17.0 Å². The van der Waals surface area contributed by atoms with E-state index in [1.54, 1.807) is 0 Å². The van der Waals surface area contributed by atoms with E-state index < -0.39 is 0 Å². The van der Waals surface area contributed by atoms with E-state index in [2.05, 4.69) is 20.9 Å². The lowest BCUT2D eigenvalue weighted by Crippen LogP contribution is -2.68. The van der Waals surface area contributed by atoms with Gasteiger partial charge in [-0.3, -0.25) is 19.7 Å². The molecule has 2 aliphatic heterocycles. The molecule has 2 amide bonds. The lowest BCUT2D eigenvalue weighted by atomic mass is 9.78. The van der Waals surface area contributed by atoms with Crippen molar-refractivity contribution < 1.29 is 9.59 Å². The molecule has 2 N–H and O–H groups in total. The van der Waals surface area contributed by atoms with Gasteiger partial charge in [-0.05, 0) is 46.5 Å². The number of hydrogen-bond donors (Lipinski definition) is 2. The predicted octanol–water partition coefficient (Wildman–Crippen LogP) is 0.631. The summed E-state index contributed by atoms with van der Waals surface area (Å²) in [5.41, 5.74) is 6.56. The number of aryl methyl sites for hydroxylation is 2. The first-order chi connectivity index (χ1) is 13.4. The maximum Gasteiger partial charge on any atom is 0.241 e. The van der Waals surface area contributed by atoms with Gasteiger partial charge in [0.25, 0.3) is 0 Å². The molecule has 28 heavy (non-hydrogen) atoms. The van der Waals surface area contributed by atoms with Crippen LogP contribution in [0.15, 0.2) is 0 Å². The highest BCUT2D eigenvalue weighted by Gasteiger charge is 2.50. The van der Waals surface area contributed by atoms with Crippen LogP contribution in [-0.2, 0) is 23.2 Å². The Kier molecular flexibility index (Phi) is 5.18. The highest BCUT2D eigenvalue weighted by atomic mass is 16.2. The standard InChI is InChI=1S/C20H32N6O2/c1-5-25-18-10-14(6-7-16(18)26-17(20(25)28)8-9-22-26)19(27)21-11-15-12(2)23-24(4)13(15)3/h14,16-18,22H,5-11H2,1-4H3,(H,21,27). The molecule has 0 spiro atoms. The fraction of sp³-hybridized carbons (Fsp3) is 0.750. The van der Waals surface area contributed by atoms with Crippen LogP contribution in [0.4, 0.5) is 0 Å². The zero-order valence-corrected chi connectivity index (χ0v) is 17.4. The van der Waals surface area contributed by atoms with Crippen molar-refractivity contribution in [1.82, 2.24) is 30.4 Å². The Labute approximate surface area is 166 Å². The monoisotopic (exact) mass is 388 g/mol. The number of nitrogens with zero attached hydrogens (tertiary/aromatic N) is 4. The highest BCUT2D eigenvalue weighted by molar-refractivity contribution is 5.84. The van der Waals surface area contributed by atoms with Gasteiger partial charge in [0, 0.05) is 55.9 Å². The second-order valence-corrected chi connectivity index (χ2v) is 8.38. The fourth-order valence-electron chi connectivity index (χ4n) is 5.34. The Morgan fingerprint density at radius 2 is 2.04 bits per heavy atom. The summed E-state index contributed by atoms with van der Waals surface area (Å²) in [5.74, 6) is 0.275. The zero-order valence-electron chi connectivity index (χ0n) is 17.4. The van der Waals surface area contributed by atoms with Gasteiger partial charge in [0.2, 0.25) is 11.8 Å². The summed E-state index contributed by atoms with van der Waals surface area (Å²) in [7, 11) is 1.92. The average Bonchev–Trinajstić information content (AvgIpc) is 3.26. The second kappa shape index (κ2) is 7.48. The van der Waals surface area contributed by atoms with Crippen molar-refractivity contribution in [2.45, 2.75) is 71.1 Å². The molecule has 1 aromatic rings. The minimum Gasteiger partial charge on any atom is -0.352 e. The third kappa shape index (κ3) is 3.12. The number of nitrogens with one attached hydrogen (secondary N) is 2. The number of amides is 2. The van der Waals surface area contributed by atoms with E-state index in [4.69, 9.17) is 0 Å². The molecule has 2 saturated heterocycles. The van der Waals surface area contributed by atoms with Crippen molar-refractivity contribution in [2.24, 2.45) is 13.0 Å². The number of fused-ring (bicyclic) bond motifs is 3. The summed E-state index contributed by atoms with van der Waals surface area (Å²) in [6.45, 7) is 8.15. The molecule has 0 bridgehead atoms. The maximum absolute atomic E-state index is 12.9. The normalized spacial score (nSPS) is 30.3. The molecule has 1 aromatic heterocycles. The van der Waals surface area contributed by atoms with Crippen LogP contribution in [0, 0.1) is 19.8 Å². The Bertz CT molecular complexity index is 775. The molecule has 1 saturated carbocycles. The molecule has 3 heterocycles. The Morgan fingerprint density at radius 1 is 1.25 bits per heavy atom. The van der Waals surface area contributed by atoms with Gasteiger partial charge in [-0.1, -0.05) is 0 Å². The van der Waals surface area contributed by atoms with Gasteiger partial charge >= 0.3 is 0 Å². The summed E-state index contributed by atoms with van der Waals surface area (Å²) in [6.07, 6.45) is 3.44. The molecule has 4 rings (SSSR count). The van der Waals surface area contributed by atoms with E-state index in [1.807, 2.05) is 37.4 Å². The Morgan fingerprint density at radius 3 is 2.71 bits per heavy atom. The van der Waals surface area contributed by atoms with E-state index in [0.29, 0.717) is 19.1 Å². The second-order valence-electron chi connectivity index (χ2n) is 8.38. The molecule has 8 nitrogen and oxygen atoms in total. The molecule has 0 radical (unpaired) electrons. The summed E-state index contributed by atoms with van der Waals surface area (Å²) in [5, 5.41) is 9.74. The maximum atomic E-state index is 12.9. The Balaban J connectivity index is 1.43. The number of carbonyl (C=O) groups excluding carboxylic acids is 2. The lowest BCUT2D eigenvalue weighted by Gasteiger charge is -2.51. The minimum atomic E-state index is -0.0421. The average molecular weight is 389 g/mol.